The Morgan fingerprint density at radius 1 is 1.28 bits per heavy atom. The van der Waals surface area contributed by atoms with E-state index in [1.54, 1.807) is 41.5 Å². The van der Waals surface area contributed by atoms with Crippen LogP contribution in [0.5, 0.6) is 0 Å². The van der Waals surface area contributed by atoms with Gasteiger partial charge >= 0.3 is 0 Å². The van der Waals surface area contributed by atoms with Crippen LogP contribution in [0, 0.1) is 10.1 Å². The van der Waals surface area contributed by atoms with Crippen molar-refractivity contribution in [1.82, 2.24) is 9.88 Å². The van der Waals surface area contributed by atoms with Crippen LogP contribution in [0.4, 0.5) is 5.69 Å². The summed E-state index contributed by atoms with van der Waals surface area (Å²) >= 11 is 1.56. The van der Waals surface area contributed by atoms with E-state index in [0.717, 1.165) is 15.2 Å². The molecule has 7 heteroatoms. The lowest BCUT2D eigenvalue weighted by Crippen LogP contribution is -2.23. The zero-order valence-corrected chi connectivity index (χ0v) is 14.3. The van der Waals surface area contributed by atoms with E-state index in [4.69, 9.17) is 0 Å². The van der Waals surface area contributed by atoms with Gasteiger partial charge in [-0.2, -0.15) is 0 Å². The normalized spacial score (nSPS) is 11.1. The Kier molecular flexibility index (Phi) is 4.85. The van der Waals surface area contributed by atoms with E-state index in [0.29, 0.717) is 12.1 Å². The van der Waals surface area contributed by atoms with Crippen LogP contribution >= 0.6 is 11.3 Å². The van der Waals surface area contributed by atoms with Crippen molar-refractivity contribution in [3.63, 3.8) is 0 Å². The Hall–Kier alpha value is -3.06. The number of carbonyl (C=O) groups is 1. The number of non-ortho nitro benzene ring substituents is 1. The Balaban J connectivity index is 1.67. The second kappa shape index (κ2) is 7.23. The van der Waals surface area contributed by atoms with Gasteiger partial charge < -0.3 is 4.90 Å². The van der Waals surface area contributed by atoms with Crippen molar-refractivity contribution in [3.8, 4) is 0 Å². The monoisotopic (exact) mass is 353 g/mol. The molecule has 25 heavy (non-hydrogen) atoms. The second-order valence-corrected chi connectivity index (χ2v) is 6.57. The molecule has 0 saturated carbocycles. The molecule has 0 aliphatic rings. The van der Waals surface area contributed by atoms with Gasteiger partial charge in [0.25, 0.3) is 5.69 Å². The zero-order chi connectivity index (χ0) is 17.8. The number of hydrogen-bond donors (Lipinski definition) is 0. The van der Waals surface area contributed by atoms with Gasteiger partial charge in [-0.1, -0.05) is 24.3 Å². The maximum Gasteiger partial charge on any atom is 0.270 e. The summed E-state index contributed by atoms with van der Waals surface area (Å²) in [6.07, 6.45) is 2.98. The van der Waals surface area contributed by atoms with Crippen molar-refractivity contribution in [3.05, 3.63) is 75.3 Å². The minimum atomic E-state index is -0.460. The number of hydrogen-bond acceptors (Lipinski definition) is 5. The first kappa shape index (κ1) is 16.8. The van der Waals surface area contributed by atoms with Crippen LogP contribution in [0.1, 0.15) is 10.6 Å². The SMILES string of the molecule is CN(Cc1nc2ccccc2s1)C(=O)C=Cc1cccc([N+](=O)[O-])c1. The summed E-state index contributed by atoms with van der Waals surface area (Å²) < 4.78 is 1.09. The second-order valence-electron chi connectivity index (χ2n) is 5.46. The molecule has 3 rings (SSSR count). The fraction of sp³-hybridized carbons (Fsp3) is 0.111. The van der Waals surface area contributed by atoms with E-state index >= 15 is 0 Å². The number of amides is 1. The minimum Gasteiger partial charge on any atom is -0.335 e. The Morgan fingerprint density at radius 3 is 2.84 bits per heavy atom. The number of fused-ring (bicyclic) bond motifs is 1. The third kappa shape index (κ3) is 4.07. The van der Waals surface area contributed by atoms with Gasteiger partial charge in [0.2, 0.25) is 5.91 Å². The van der Waals surface area contributed by atoms with Gasteiger partial charge in [-0.05, 0) is 23.8 Å². The molecule has 0 aliphatic carbocycles. The van der Waals surface area contributed by atoms with E-state index < -0.39 is 4.92 Å². The highest BCUT2D eigenvalue weighted by Crippen LogP contribution is 2.22. The van der Waals surface area contributed by atoms with Crippen molar-refractivity contribution < 1.29 is 9.72 Å². The lowest BCUT2D eigenvalue weighted by atomic mass is 10.2. The highest BCUT2D eigenvalue weighted by atomic mass is 32.1. The maximum absolute atomic E-state index is 12.2. The molecule has 0 N–H and O–H groups in total. The summed E-state index contributed by atoms with van der Waals surface area (Å²) in [6, 6.07) is 14.0. The number of likely N-dealkylation sites (N-methyl/N-ethyl adjacent to an activating group) is 1. The first-order chi connectivity index (χ1) is 12.0. The Morgan fingerprint density at radius 2 is 2.08 bits per heavy atom. The summed E-state index contributed by atoms with van der Waals surface area (Å²) in [4.78, 5) is 28.6. The third-order valence-corrected chi connectivity index (χ3v) is 4.61. The van der Waals surface area contributed by atoms with Gasteiger partial charge in [-0.25, -0.2) is 4.98 Å². The molecule has 0 aliphatic heterocycles. The number of para-hydroxylation sites is 1. The van der Waals surface area contributed by atoms with Gasteiger partial charge in [-0.3, -0.25) is 14.9 Å². The largest absolute Gasteiger partial charge is 0.335 e. The molecule has 1 aromatic heterocycles. The molecule has 0 unspecified atom stereocenters. The van der Waals surface area contributed by atoms with Gasteiger partial charge in [0.05, 0.1) is 21.7 Å². The quantitative estimate of drug-likeness (QED) is 0.396. The first-order valence-corrected chi connectivity index (χ1v) is 8.36. The molecule has 1 amide bonds. The van der Waals surface area contributed by atoms with E-state index in [1.165, 1.54) is 18.2 Å². The van der Waals surface area contributed by atoms with Gasteiger partial charge in [0, 0.05) is 25.3 Å². The van der Waals surface area contributed by atoms with Gasteiger partial charge in [-0.15, -0.1) is 11.3 Å². The van der Waals surface area contributed by atoms with E-state index in [9.17, 15) is 14.9 Å². The van der Waals surface area contributed by atoms with E-state index in [2.05, 4.69) is 4.98 Å². The Bertz CT molecular complexity index is 932. The Labute approximate surface area is 148 Å². The fourth-order valence-corrected chi connectivity index (χ4v) is 3.33. The number of nitrogens with zero attached hydrogens (tertiary/aromatic N) is 3. The number of thiazole rings is 1. The highest BCUT2D eigenvalue weighted by molar-refractivity contribution is 7.18. The van der Waals surface area contributed by atoms with Crippen LogP contribution in [-0.2, 0) is 11.3 Å². The average Bonchev–Trinajstić information content (AvgIpc) is 3.02. The highest BCUT2D eigenvalue weighted by Gasteiger charge is 2.10. The van der Waals surface area contributed by atoms with Crippen molar-refractivity contribution in [2.75, 3.05) is 7.05 Å². The third-order valence-electron chi connectivity index (χ3n) is 3.59. The summed E-state index contributed by atoms with van der Waals surface area (Å²) in [7, 11) is 1.70. The average molecular weight is 353 g/mol. The molecule has 0 atom stereocenters. The van der Waals surface area contributed by atoms with Crippen LogP contribution in [0.3, 0.4) is 0 Å². The zero-order valence-electron chi connectivity index (χ0n) is 13.5. The standard InChI is InChI=1S/C18H15N3O3S/c1-20(12-17-19-15-7-2-3-8-16(15)25-17)18(22)10-9-13-5-4-6-14(11-13)21(23)24/h2-11H,12H2,1H3. The molecule has 0 bridgehead atoms. The summed E-state index contributed by atoms with van der Waals surface area (Å²) in [5.41, 5.74) is 1.53. The number of aromatic nitrogens is 1. The van der Waals surface area contributed by atoms with Crippen LogP contribution in [0.25, 0.3) is 16.3 Å². The lowest BCUT2D eigenvalue weighted by molar-refractivity contribution is -0.384. The molecule has 0 saturated heterocycles. The first-order valence-electron chi connectivity index (χ1n) is 7.55. The molecule has 1 heterocycles. The lowest BCUT2D eigenvalue weighted by Gasteiger charge is -2.12. The molecule has 6 nitrogen and oxygen atoms in total. The molecule has 0 spiro atoms. The van der Waals surface area contributed by atoms with Crippen molar-refractivity contribution in [1.29, 1.82) is 0 Å². The van der Waals surface area contributed by atoms with Crippen LogP contribution in [-0.4, -0.2) is 27.8 Å². The minimum absolute atomic E-state index is 0.00238. The molecule has 0 radical (unpaired) electrons. The molecular weight excluding hydrogens is 338 g/mol. The van der Waals surface area contributed by atoms with Crippen molar-refractivity contribution >= 4 is 39.2 Å². The summed E-state index contributed by atoms with van der Waals surface area (Å²) in [6.45, 7) is 0.414. The molecule has 0 fully saturated rings. The van der Waals surface area contributed by atoms with Crippen LogP contribution in [0.15, 0.2) is 54.6 Å². The summed E-state index contributed by atoms with van der Waals surface area (Å²) in [5.74, 6) is -0.189. The predicted octanol–water partition coefficient (Wildman–Crippen LogP) is 3.88. The van der Waals surface area contributed by atoms with E-state index in [1.807, 2.05) is 24.3 Å². The number of nitro benzene ring substituents is 1. The maximum atomic E-state index is 12.2. The topological polar surface area (TPSA) is 76.3 Å². The smallest absolute Gasteiger partial charge is 0.270 e. The molecular formula is C18H15N3O3S. The number of carbonyl (C=O) groups excluding carboxylic acids is 1. The van der Waals surface area contributed by atoms with Crippen molar-refractivity contribution in [2.24, 2.45) is 0 Å². The number of nitro groups is 1. The summed E-state index contributed by atoms with van der Waals surface area (Å²) in [5, 5.41) is 11.6. The molecule has 126 valence electrons. The van der Waals surface area contributed by atoms with E-state index in [-0.39, 0.29) is 11.6 Å². The van der Waals surface area contributed by atoms with Gasteiger partial charge in [0.1, 0.15) is 5.01 Å². The van der Waals surface area contributed by atoms with Crippen molar-refractivity contribution in [2.45, 2.75) is 6.54 Å². The number of rotatable bonds is 5. The number of benzene rings is 2. The van der Waals surface area contributed by atoms with Crippen LogP contribution < -0.4 is 0 Å². The predicted molar refractivity (Wildman–Crippen MR) is 98.2 cm³/mol. The fourth-order valence-electron chi connectivity index (χ4n) is 2.31. The van der Waals surface area contributed by atoms with Gasteiger partial charge in [0.15, 0.2) is 0 Å². The molecule has 3 aromatic rings. The van der Waals surface area contributed by atoms with Crippen LogP contribution in [0.2, 0.25) is 0 Å². The molecule has 2 aromatic carbocycles.